The summed E-state index contributed by atoms with van der Waals surface area (Å²) in [6.45, 7) is 2.84. The van der Waals surface area contributed by atoms with Crippen LogP contribution in [-0.4, -0.2) is 37.1 Å². The zero-order valence-corrected chi connectivity index (χ0v) is 10.4. The molecule has 1 heterocycles. The minimum absolute atomic E-state index is 0. The highest BCUT2D eigenvalue weighted by Gasteiger charge is 2.05. The molecule has 1 rings (SSSR count). The molecule has 2 nitrogen and oxygen atoms in total. The van der Waals surface area contributed by atoms with Crippen molar-refractivity contribution in [3.8, 4) is 0 Å². The van der Waals surface area contributed by atoms with Gasteiger partial charge in [-0.05, 0) is 19.3 Å². The van der Waals surface area contributed by atoms with Crippen LogP contribution < -0.4 is 0 Å². The van der Waals surface area contributed by atoms with Gasteiger partial charge in [-0.15, -0.1) is 0 Å². The molecule has 1 fully saturated rings. The minimum atomic E-state index is -0.583. The third-order valence-electron chi connectivity index (χ3n) is 1.41. The van der Waals surface area contributed by atoms with Crippen molar-refractivity contribution in [3.63, 3.8) is 0 Å². The normalized spacial score (nSPS) is 26.4. The summed E-state index contributed by atoms with van der Waals surface area (Å²) in [6, 6.07) is 0. The van der Waals surface area contributed by atoms with Crippen LogP contribution in [0.1, 0.15) is 22.1 Å². The lowest BCUT2D eigenvalue weighted by Crippen LogP contribution is -2.18. The molecule has 1 unspecified atom stereocenters. The van der Waals surface area contributed by atoms with Crippen molar-refractivity contribution in [1.29, 1.82) is 0 Å². The number of hydrogen-bond acceptors (Lipinski definition) is 2. The number of hydrogen-bond donors (Lipinski definition) is 1. The quantitative estimate of drug-likeness (QED) is 0.495. The van der Waals surface area contributed by atoms with Crippen molar-refractivity contribution in [2.75, 3.05) is 6.61 Å². The lowest BCUT2D eigenvalue weighted by molar-refractivity contribution is 0.0675. The van der Waals surface area contributed by atoms with E-state index in [9.17, 15) is 0 Å². The Morgan fingerprint density at radius 2 is 2.30 bits per heavy atom. The van der Waals surface area contributed by atoms with Crippen LogP contribution in [0.25, 0.3) is 0 Å². The Kier molecular flexibility index (Phi) is 7.72. The molecule has 1 aliphatic rings. The minimum Gasteiger partial charge on any atom is -0.438 e. The van der Waals surface area contributed by atoms with Gasteiger partial charge in [0.15, 0.2) is 9.76 Å². The summed E-state index contributed by atoms with van der Waals surface area (Å²) in [5.74, 6) is 0. The van der Waals surface area contributed by atoms with Crippen LogP contribution in [0.5, 0.6) is 0 Å². The molecule has 0 bridgehead atoms. The molecule has 62 valence electrons. The van der Waals surface area contributed by atoms with E-state index in [1.165, 1.54) is 29.5 Å². The van der Waals surface area contributed by atoms with Crippen molar-refractivity contribution >= 4 is 20.0 Å². The van der Waals surface area contributed by atoms with E-state index in [-0.39, 0.29) is 2.85 Å². The second kappa shape index (κ2) is 7.46. The first kappa shape index (κ1) is 10.4. The molecule has 0 aromatic rings. The highest BCUT2D eigenvalue weighted by Crippen LogP contribution is 2.08. The summed E-state index contributed by atoms with van der Waals surface area (Å²) in [5, 5.41) is 0. The average Bonchev–Trinajstić information content (AvgIpc) is 1.91. The first-order chi connectivity index (χ1) is 4.81. The summed E-state index contributed by atoms with van der Waals surface area (Å²) in [5.41, 5.74) is 0.675. The molecule has 1 saturated heterocycles. The van der Waals surface area contributed by atoms with Gasteiger partial charge in [-0.2, -0.15) is 0 Å². The Balaban J connectivity index is -0.000000146. The fourth-order valence-corrected chi connectivity index (χ4v) is 1.55. The molecule has 1 aliphatic heterocycles. The molecule has 0 aromatic heterocycles. The van der Waals surface area contributed by atoms with Gasteiger partial charge in [0, 0.05) is 22.6 Å². The summed E-state index contributed by atoms with van der Waals surface area (Å²) >= 11 is 0. The van der Waals surface area contributed by atoms with Gasteiger partial charge >= 0.3 is 2.85 Å². The third kappa shape index (κ3) is 6.47. The summed E-state index contributed by atoms with van der Waals surface area (Å²) in [6.07, 6.45) is 4.01. The Hall–Kier alpha value is 0.354. The van der Waals surface area contributed by atoms with Crippen LogP contribution in [0.3, 0.4) is 0 Å². The lowest BCUT2D eigenvalue weighted by atomic mass is 10.2. The van der Waals surface area contributed by atoms with E-state index < -0.39 is 9.76 Å². The summed E-state index contributed by atoms with van der Waals surface area (Å²) in [7, 11) is 0.645. The average molecular weight is 180 g/mol. The molecule has 0 aliphatic carbocycles. The first-order valence-corrected chi connectivity index (χ1v) is 7.23. The largest absolute Gasteiger partial charge is 1.00 e. The predicted molar refractivity (Wildman–Crippen MR) is 52.4 cm³/mol. The van der Waals surface area contributed by atoms with Gasteiger partial charge in [-0.25, -0.2) is 0 Å². The van der Waals surface area contributed by atoms with Crippen molar-refractivity contribution in [1.82, 2.24) is 0 Å². The molecule has 1 atom stereocenters. The molecule has 0 aromatic carbocycles. The predicted octanol–water partition coefficient (Wildman–Crippen LogP) is -0.786. The molecule has 4 heteroatoms. The zero-order valence-electron chi connectivity index (χ0n) is 8.97. The Morgan fingerprint density at radius 3 is 2.50 bits per heavy atom. The molecule has 0 spiro atoms. The van der Waals surface area contributed by atoms with Gasteiger partial charge in [-0.1, -0.05) is 6.55 Å². The number of ether oxygens (including phenoxy) is 1. The highest BCUT2D eigenvalue weighted by molar-refractivity contribution is 6.22. The van der Waals surface area contributed by atoms with Gasteiger partial charge in [0.1, 0.15) is 0 Å². The van der Waals surface area contributed by atoms with Gasteiger partial charge in [0.2, 0.25) is 0 Å². The second-order valence-electron chi connectivity index (χ2n) is 2.49. The van der Waals surface area contributed by atoms with Crippen LogP contribution in [-0.2, 0) is 4.74 Å². The number of rotatable bonds is 0. The molecule has 0 saturated carbocycles. The maximum Gasteiger partial charge on any atom is 1.00 e. The monoisotopic (exact) mass is 180 g/mol. The van der Waals surface area contributed by atoms with Crippen LogP contribution in [0.2, 0.25) is 6.55 Å². The standard InChI is InChI=1S/C5H12OSi.CH6OSi/c7-5-3-1-2-4-6-5;1-3-2/h5H,1-4H2,7H3;2H,3H2,1H3/p+2. The van der Waals surface area contributed by atoms with E-state index in [0.717, 1.165) is 6.61 Å². The molecule has 0 radical (unpaired) electrons. The maximum absolute atomic E-state index is 7.71. The van der Waals surface area contributed by atoms with Gasteiger partial charge < -0.3 is 9.53 Å². The topological polar surface area (TPSA) is 29.5 Å². The van der Waals surface area contributed by atoms with E-state index in [0.29, 0.717) is 5.73 Å². The van der Waals surface area contributed by atoms with E-state index in [1.807, 2.05) is 6.55 Å². The first-order valence-electron chi connectivity index (χ1n) is 4.03. The molecular formula is C6H20O2Si2+2. The van der Waals surface area contributed by atoms with E-state index >= 15 is 0 Å². The van der Waals surface area contributed by atoms with Crippen molar-refractivity contribution in [2.24, 2.45) is 0 Å². The molecule has 1 N–H and O–H groups in total. The van der Waals surface area contributed by atoms with Crippen molar-refractivity contribution < 1.29 is 12.4 Å². The molecule has 10 heavy (non-hydrogen) atoms. The van der Waals surface area contributed by atoms with Crippen LogP contribution >= 0.6 is 0 Å². The maximum atomic E-state index is 7.71. The van der Waals surface area contributed by atoms with Crippen molar-refractivity contribution in [3.05, 3.63) is 0 Å². The van der Waals surface area contributed by atoms with E-state index in [1.54, 1.807) is 0 Å². The van der Waals surface area contributed by atoms with Gasteiger partial charge in [-0.3, -0.25) is 0 Å². The third-order valence-corrected chi connectivity index (χ3v) is 2.32. The fraction of sp³-hybridized carbons (Fsp3) is 1.00. The second-order valence-corrected chi connectivity index (χ2v) is 4.41. The Morgan fingerprint density at radius 1 is 1.70 bits per heavy atom. The summed E-state index contributed by atoms with van der Waals surface area (Å²) in [4.78, 5) is 7.71. The lowest BCUT2D eigenvalue weighted by Gasteiger charge is -2.17. The SMILES string of the molecule is C[SiH2]O.[H+].[H+].[SiH3]C1CCCCO1. The highest BCUT2D eigenvalue weighted by atomic mass is 28.2. The Labute approximate surface area is 71.3 Å². The Bertz CT molecular complexity index is 72.6. The smallest absolute Gasteiger partial charge is 0.438 e. The van der Waals surface area contributed by atoms with Crippen LogP contribution in [0, 0.1) is 0 Å². The molecular weight excluding hydrogens is 160 g/mol. The molecule has 0 amide bonds. The van der Waals surface area contributed by atoms with Gasteiger partial charge in [0.25, 0.3) is 0 Å². The van der Waals surface area contributed by atoms with Crippen molar-refractivity contribution in [2.45, 2.75) is 31.5 Å². The van der Waals surface area contributed by atoms with Crippen LogP contribution in [0.15, 0.2) is 0 Å². The van der Waals surface area contributed by atoms with E-state index in [2.05, 4.69) is 0 Å². The summed E-state index contributed by atoms with van der Waals surface area (Å²) < 4.78 is 5.34. The fourth-order valence-electron chi connectivity index (χ4n) is 0.902. The van der Waals surface area contributed by atoms with E-state index in [4.69, 9.17) is 9.53 Å². The zero-order chi connectivity index (χ0) is 7.82. The van der Waals surface area contributed by atoms with Crippen LogP contribution in [0.4, 0.5) is 0 Å². The van der Waals surface area contributed by atoms with Gasteiger partial charge in [0.05, 0.1) is 0 Å².